The number of para-hydroxylation sites is 2. The summed E-state index contributed by atoms with van der Waals surface area (Å²) in [5.41, 5.74) is 0.378. The maximum Gasteiger partial charge on any atom is 0.275 e. The van der Waals surface area contributed by atoms with Crippen molar-refractivity contribution in [3.63, 3.8) is 0 Å². The van der Waals surface area contributed by atoms with Gasteiger partial charge >= 0.3 is 0 Å². The third-order valence-corrected chi connectivity index (χ3v) is 5.64. The molecule has 1 fully saturated rings. The van der Waals surface area contributed by atoms with Gasteiger partial charge in [0.2, 0.25) is 0 Å². The van der Waals surface area contributed by atoms with Crippen molar-refractivity contribution in [2.24, 2.45) is 5.92 Å². The summed E-state index contributed by atoms with van der Waals surface area (Å²) < 4.78 is 13.5. The Balaban J connectivity index is 1.28. The molecule has 2 aromatic rings. The van der Waals surface area contributed by atoms with Gasteiger partial charge in [-0.3, -0.25) is 9.48 Å². The fraction of sp³-hybridized carbons (Fsp3) is 0.571. The standard InChI is InChI=1S/C21H28N4O3/c1-24(13-17-15-27-19-9-5-6-10-20(19)28-17)21(26)18-14-25(23-22-18)12-11-16-7-3-2-4-8-16/h5-6,9-10,14,16-17H,2-4,7-8,11-13,15H2,1H3. The molecule has 7 heteroatoms. The van der Waals surface area contributed by atoms with Gasteiger partial charge in [0.15, 0.2) is 23.3 Å². The molecule has 0 radical (unpaired) electrons. The zero-order chi connectivity index (χ0) is 19.3. The van der Waals surface area contributed by atoms with Crippen LogP contribution in [0, 0.1) is 5.92 Å². The number of likely N-dealkylation sites (N-methyl/N-ethyl adjacent to an activating group) is 1. The van der Waals surface area contributed by atoms with Gasteiger partial charge in [-0.05, 0) is 24.5 Å². The van der Waals surface area contributed by atoms with Crippen LogP contribution in [0.5, 0.6) is 11.5 Å². The van der Waals surface area contributed by atoms with Crippen LogP contribution in [0.25, 0.3) is 0 Å². The first-order chi connectivity index (χ1) is 13.7. The van der Waals surface area contributed by atoms with Crippen molar-refractivity contribution in [3.05, 3.63) is 36.2 Å². The molecule has 0 bridgehead atoms. The van der Waals surface area contributed by atoms with E-state index < -0.39 is 0 Å². The highest BCUT2D eigenvalue weighted by atomic mass is 16.6. The molecule has 2 aliphatic rings. The summed E-state index contributed by atoms with van der Waals surface area (Å²) >= 11 is 0. The Hall–Kier alpha value is -2.57. The smallest absolute Gasteiger partial charge is 0.275 e. The predicted octanol–water partition coefficient (Wildman–Crippen LogP) is 3.16. The van der Waals surface area contributed by atoms with Gasteiger partial charge in [-0.15, -0.1) is 5.10 Å². The number of fused-ring (bicyclic) bond motifs is 1. The first-order valence-corrected chi connectivity index (χ1v) is 10.2. The van der Waals surface area contributed by atoms with E-state index in [1.54, 1.807) is 22.8 Å². The summed E-state index contributed by atoms with van der Waals surface area (Å²) in [6, 6.07) is 7.58. The molecular weight excluding hydrogens is 356 g/mol. The van der Waals surface area contributed by atoms with Crippen LogP contribution in [0.4, 0.5) is 0 Å². The molecule has 1 aliphatic heterocycles. The number of benzene rings is 1. The van der Waals surface area contributed by atoms with Gasteiger partial charge in [0.05, 0.1) is 12.7 Å². The number of amides is 1. The molecule has 1 aromatic carbocycles. The zero-order valence-corrected chi connectivity index (χ0v) is 16.4. The van der Waals surface area contributed by atoms with Crippen LogP contribution in [0.2, 0.25) is 0 Å². The van der Waals surface area contributed by atoms with Crippen LogP contribution in [0.3, 0.4) is 0 Å². The van der Waals surface area contributed by atoms with Gasteiger partial charge in [-0.1, -0.05) is 49.5 Å². The number of hydrogen-bond acceptors (Lipinski definition) is 5. The summed E-state index contributed by atoms with van der Waals surface area (Å²) in [5.74, 6) is 2.10. The van der Waals surface area contributed by atoms with E-state index in [-0.39, 0.29) is 12.0 Å². The van der Waals surface area contributed by atoms with E-state index in [2.05, 4.69) is 10.3 Å². The van der Waals surface area contributed by atoms with E-state index >= 15 is 0 Å². The summed E-state index contributed by atoms with van der Waals surface area (Å²) in [4.78, 5) is 14.3. The van der Waals surface area contributed by atoms with Crippen LogP contribution >= 0.6 is 0 Å². The maximum atomic E-state index is 12.7. The van der Waals surface area contributed by atoms with E-state index in [0.29, 0.717) is 24.6 Å². The number of carbonyl (C=O) groups excluding carboxylic acids is 1. The first kappa shape index (κ1) is 18.8. The lowest BCUT2D eigenvalue weighted by Gasteiger charge is -2.29. The average Bonchev–Trinajstić information content (AvgIpc) is 3.21. The lowest BCUT2D eigenvalue weighted by atomic mass is 9.87. The molecule has 150 valence electrons. The lowest BCUT2D eigenvalue weighted by Crippen LogP contribution is -2.41. The number of nitrogens with zero attached hydrogens (tertiary/aromatic N) is 4. The number of aryl methyl sites for hydroxylation is 1. The van der Waals surface area contributed by atoms with Crippen molar-refractivity contribution >= 4 is 5.91 Å². The largest absolute Gasteiger partial charge is 0.486 e. The zero-order valence-electron chi connectivity index (χ0n) is 16.4. The normalized spacial score (nSPS) is 19.4. The fourth-order valence-electron chi connectivity index (χ4n) is 4.03. The Morgan fingerprint density at radius 2 is 2.00 bits per heavy atom. The Morgan fingerprint density at radius 1 is 1.21 bits per heavy atom. The Labute approximate surface area is 165 Å². The summed E-state index contributed by atoms with van der Waals surface area (Å²) in [5, 5.41) is 8.22. The van der Waals surface area contributed by atoms with E-state index in [1.165, 1.54) is 32.1 Å². The molecule has 7 nitrogen and oxygen atoms in total. The van der Waals surface area contributed by atoms with E-state index in [9.17, 15) is 4.79 Å². The van der Waals surface area contributed by atoms with Crippen molar-refractivity contribution in [1.82, 2.24) is 19.9 Å². The number of ether oxygens (including phenoxy) is 2. The van der Waals surface area contributed by atoms with Crippen LogP contribution in [0.1, 0.15) is 49.0 Å². The summed E-state index contributed by atoms with van der Waals surface area (Å²) in [6.07, 6.45) is 9.35. The van der Waals surface area contributed by atoms with Gasteiger partial charge in [0.1, 0.15) is 6.61 Å². The van der Waals surface area contributed by atoms with Crippen LogP contribution < -0.4 is 9.47 Å². The fourth-order valence-corrected chi connectivity index (χ4v) is 4.03. The molecule has 0 N–H and O–H groups in total. The second-order valence-electron chi connectivity index (χ2n) is 7.84. The number of aromatic nitrogens is 3. The molecule has 2 heterocycles. The predicted molar refractivity (Wildman–Crippen MR) is 105 cm³/mol. The molecule has 1 aliphatic carbocycles. The van der Waals surface area contributed by atoms with Crippen molar-refractivity contribution in [2.75, 3.05) is 20.2 Å². The van der Waals surface area contributed by atoms with E-state index in [0.717, 1.165) is 24.6 Å². The second-order valence-corrected chi connectivity index (χ2v) is 7.84. The molecule has 1 aromatic heterocycles. The maximum absolute atomic E-state index is 12.7. The minimum absolute atomic E-state index is 0.147. The second kappa shape index (κ2) is 8.63. The van der Waals surface area contributed by atoms with Crippen molar-refractivity contribution in [1.29, 1.82) is 0 Å². The van der Waals surface area contributed by atoms with Crippen molar-refractivity contribution < 1.29 is 14.3 Å². The quantitative estimate of drug-likeness (QED) is 0.765. The number of carbonyl (C=O) groups is 1. The first-order valence-electron chi connectivity index (χ1n) is 10.2. The third kappa shape index (κ3) is 4.46. The highest BCUT2D eigenvalue weighted by molar-refractivity contribution is 5.91. The van der Waals surface area contributed by atoms with Crippen molar-refractivity contribution in [3.8, 4) is 11.5 Å². The van der Waals surface area contributed by atoms with Gasteiger partial charge in [0.25, 0.3) is 5.91 Å². The van der Waals surface area contributed by atoms with Gasteiger partial charge < -0.3 is 14.4 Å². The monoisotopic (exact) mass is 384 g/mol. The summed E-state index contributed by atoms with van der Waals surface area (Å²) in [7, 11) is 1.76. The Bertz CT molecular complexity index is 800. The Morgan fingerprint density at radius 3 is 2.82 bits per heavy atom. The van der Waals surface area contributed by atoms with Gasteiger partial charge in [-0.2, -0.15) is 0 Å². The minimum Gasteiger partial charge on any atom is -0.486 e. The molecular formula is C21H28N4O3. The topological polar surface area (TPSA) is 69.5 Å². The van der Waals surface area contributed by atoms with Crippen LogP contribution in [-0.2, 0) is 6.54 Å². The Kier molecular flexibility index (Phi) is 5.78. The average molecular weight is 384 g/mol. The van der Waals surface area contributed by atoms with E-state index in [1.807, 2.05) is 24.3 Å². The lowest BCUT2D eigenvalue weighted by molar-refractivity contribution is 0.0517. The number of hydrogen-bond donors (Lipinski definition) is 0. The van der Waals surface area contributed by atoms with Gasteiger partial charge in [0, 0.05) is 13.6 Å². The molecule has 0 spiro atoms. The molecule has 1 atom stereocenters. The minimum atomic E-state index is -0.204. The van der Waals surface area contributed by atoms with Crippen LogP contribution in [0.15, 0.2) is 30.5 Å². The van der Waals surface area contributed by atoms with E-state index in [4.69, 9.17) is 9.47 Å². The molecule has 1 amide bonds. The number of rotatable bonds is 6. The summed E-state index contributed by atoms with van der Waals surface area (Å²) in [6.45, 7) is 1.68. The molecule has 28 heavy (non-hydrogen) atoms. The van der Waals surface area contributed by atoms with Crippen molar-refractivity contribution in [2.45, 2.75) is 51.2 Å². The highest BCUT2D eigenvalue weighted by Crippen LogP contribution is 2.31. The molecule has 1 saturated carbocycles. The van der Waals surface area contributed by atoms with Gasteiger partial charge in [-0.25, -0.2) is 0 Å². The SMILES string of the molecule is CN(CC1COc2ccccc2O1)C(=O)c1cn(CCC2CCCCC2)nn1. The molecule has 1 unspecified atom stereocenters. The highest BCUT2D eigenvalue weighted by Gasteiger charge is 2.25. The molecule has 0 saturated heterocycles. The molecule has 4 rings (SSSR count). The van der Waals surface area contributed by atoms with Crippen LogP contribution in [-0.4, -0.2) is 52.1 Å². The third-order valence-electron chi connectivity index (χ3n) is 5.64.